The Morgan fingerprint density at radius 1 is 1.38 bits per heavy atom. The fourth-order valence-corrected chi connectivity index (χ4v) is 3.51. The Hall–Kier alpha value is -1.76. The molecule has 1 saturated carbocycles. The molecule has 24 heavy (non-hydrogen) atoms. The van der Waals surface area contributed by atoms with Crippen LogP contribution in [0.3, 0.4) is 0 Å². The zero-order chi connectivity index (χ0) is 17.3. The maximum Gasteiger partial charge on any atom is 0.283 e. The molecular formula is C17H18BrF2N3O. The number of benzene rings is 1. The summed E-state index contributed by atoms with van der Waals surface area (Å²) in [4.78, 5) is 12.3. The predicted octanol–water partition coefficient (Wildman–Crippen LogP) is 4.34. The van der Waals surface area contributed by atoms with Crippen LogP contribution >= 0.6 is 15.9 Å². The van der Waals surface area contributed by atoms with E-state index >= 15 is 0 Å². The first-order valence-electron chi connectivity index (χ1n) is 7.86. The van der Waals surface area contributed by atoms with Gasteiger partial charge in [-0.2, -0.15) is 5.10 Å². The molecule has 128 valence electrons. The van der Waals surface area contributed by atoms with Crippen LogP contribution in [0.25, 0.3) is 0 Å². The average molecular weight is 398 g/mol. The molecule has 4 nitrogen and oxygen atoms in total. The van der Waals surface area contributed by atoms with Crippen molar-refractivity contribution in [3.05, 3.63) is 51.8 Å². The van der Waals surface area contributed by atoms with Crippen molar-refractivity contribution < 1.29 is 13.6 Å². The molecule has 0 spiro atoms. The van der Waals surface area contributed by atoms with Crippen molar-refractivity contribution in [2.24, 2.45) is 0 Å². The number of halogens is 3. The first-order valence-corrected chi connectivity index (χ1v) is 8.65. The number of nitrogens with zero attached hydrogens (tertiary/aromatic N) is 2. The lowest BCUT2D eigenvalue weighted by atomic mass is 10.1. The van der Waals surface area contributed by atoms with E-state index in [0.717, 1.165) is 18.4 Å². The number of nitrogens with one attached hydrogen (secondary N) is 1. The summed E-state index contributed by atoms with van der Waals surface area (Å²) in [6.07, 6.45) is -0.784. The van der Waals surface area contributed by atoms with Crippen LogP contribution in [0.4, 0.5) is 8.78 Å². The van der Waals surface area contributed by atoms with Crippen LogP contribution in [-0.4, -0.2) is 15.7 Å². The van der Waals surface area contributed by atoms with Crippen LogP contribution in [0, 0.1) is 0 Å². The Labute approximate surface area is 147 Å². The van der Waals surface area contributed by atoms with Crippen LogP contribution in [-0.2, 0) is 11.3 Å². The molecule has 1 aliphatic carbocycles. The first kappa shape index (κ1) is 17.1. The fourth-order valence-electron chi connectivity index (χ4n) is 2.73. The molecule has 1 unspecified atom stereocenters. The van der Waals surface area contributed by atoms with Crippen LogP contribution in [0.15, 0.2) is 34.8 Å². The minimum atomic E-state index is -2.66. The van der Waals surface area contributed by atoms with Gasteiger partial charge in [0.25, 0.3) is 6.43 Å². The lowest BCUT2D eigenvalue weighted by molar-refractivity contribution is -0.122. The summed E-state index contributed by atoms with van der Waals surface area (Å²) in [5.74, 6) is -0.0391. The zero-order valence-electron chi connectivity index (χ0n) is 13.2. The molecule has 1 aliphatic rings. The Bertz CT molecular complexity index is 729. The minimum absolute atomic E-state index is 0.0612. The van der Waals surface area contributed by atoms with Crippen molar-refractivity contribution in [2.75, 3.05) is 0 Å². The Balaban J connectivity index is 1.73. The molecule has 1 amide bonds. The van der Waals surface area contributed by atoms with Crippen molar-refractivity contribution in [1.82, 2.24) is 15.1 Å². The van der Waals surface area contributed by atoms with Gasteiger partial charge in [0.1, 0.15) is 12.2 Å². The summed E-state index contributed by atoms with van der Waals surface area (Å²) in [6.45, 7) is 1.83. The summed E-state index contributed by atoms with van der Waals surface area (Å²) in [5, 5.41) is 6.84. The van der Waals surface area contributed by atoms with Crippen molar-refractivity contribution in [2.45, 2.75) is 44.7 Å². The van der Waals surface area contributed by atoms with E-state index in [1.54, 1.807) is 0 Å². The molecule has 3 rings (SSSR count). The van der Waals surface area contributed by atoms with E-state index < -0.39 is 6.43 Å². The van der Waals surface area contributed by atoms with Gasteiger partial charge in [-0.25, -0.2) is 8.78 Å². The molecule has 0 saturated heterocycles. The number of hydrogen-bond acceptors (Lipinski definition) is 2. The number of amides is 1. The smallest absolute Gasteiger partial charge is 0.283 e. The molecule has 1 heterocycles. The molecule has 1 atom stereocenters. The van der Waals surface area contributed by atoms with Crippen LogP contribution in [0.2, 0.25) is 0 Å². The lowest BCUT2D eigenvalue weighted by Crippen LogP contribution is -2.31. The van der Waals surface area contributed by atoms with Gasteiger partial charge in [-0.1, -0.05) is 30.3 Å². The second-order valence-corrected chi connectivity index (χ2v) is 6.81. The van der Waals surface area contributed by atoms with Crippen LogP contribution < -0.4 is 5.32 Å². The van der Waals surface area contributed by atoms with E-state index in [1.165, 1.54) is 4.68 Å². The molecular weight excluding hydrogens is 380 g/mol. The van der Waals surface area contributed by atoms with Crippen molar-refractivity contribution >= 4 is 21.8 Å². The highest BCUT2D eigenvalue weighted by atomic mass is 79.9. The second kappa shape index (κ2) is 7.01. The maximum atomic E-state index is 13.1. The summed E-state index contributed by atoms with van der Waals surface area (Å²) in [5.41, 5.74) is 1.40. The van der Waals surface area contributed by atoms with E-state index in [1.807, 2.05) is 37.3 Å². The van der Waals surface area contributed by atoms with Gasteiger partial charge < -0.3 is 5.32 Å². The highest BCUT2D eigenvalue weighted by Crippen LogP contribution is 2.45. The normalized spacial score (nSPS) is 15.5. The van der Waals surface area contributed by atoms with Crippen LogP contribution in [0.1, 0.15) is 55.1 Å². The summed E-state index contributed by atoms with van der Waals surface area (Å²) >= 11 is 3.23. The van der Waals surface area contributed by atoms with Crippen molar-refractivity contribution in [3.63, 3.8) is 0 Å². The van der Waals surface area contributed by atoms with Crippen molar-refractivity contribution in [3.8, 4) is 0 Å². The van der Waals surface area contributed by atoms with Gasteiger partial charge in [0, 0.05) is 5.92 Å². The largest absolute Gasteiger partial charge is 0.348 e. The monoisotopic (exact) mass is 397 g/mol. The number of aromatic nitrogens is 2. The van der Waals surface area contributed by atoms with E-state index in [4.69, 9.17) is 0 Å². The molecule has 0 radical (unpaired) electrons. The van der Waals surface area contributed by atoms with Gasteiger partial charge in [0.2, 0.25) is 5.91 Å². The van der Waals surface area contributed by atoms with Crippen LogP contribution in [0.5, 0.6) is 0 Å². The van der Waals surface area contributed by atoms with Gasteiger partial charge in [0.15, 0.2) is 0 Å². The summed E-state index contributed by atoms with van der Waals surface area (Å²) in [6, 6.07) is 9.43. The molecule has 0 bridgehead atoms. The Kier molecular flexibility index (Phi) is 4.99. The third-order valence-corrected chi connectivity index (χ3v) is 4.91. The third kappa shape index (κ3) is 3.66. The van der Waals surface area contributed by atoms with E-state index in [9.17, 15) is 13.6 Å². The molecule has 1 aromatic heterocycles. The Morgan fingerprint density at radius 2 is 2.04 bits per heavy atom. The molecule has 1 fully saturated rings. The minimum Gasteiger partial charge on any atom is -0.348 e. The predicted molar refractivity (Wildman–Crippen MR) is 89.9 cm³/mol. The summed E-state index contributed by atoms with van der Waals surface area (Å²) < 4.78 is 27.9. The molecule has 1 aromatic carbocycles. The number of carbonyl (C=O) groups excluding carboxylic acids is 1. The van der Waals surface area contributed by atoms with E-state index in [0.29, 0.717) is 10.2 Å². The van der Waals surface area contributed by atoms with E-state index in [2.05, 4.69) is 26.3 Å². The second-order valence-electron chi connectivity index (χ2n) is 6.02. The number of rotatable bonds is 6. The van der Waals surface area contributed by atoms with Gasteiger partial charge in [-0.05, 0) is 41.3 Å². The van der Waals surface area contributed by atoms with Gasteiger partial charge in [0.05, 0.1) is 16.2 Å². The van der Waals surface area contributed by atoms with E-state index in [-0.39, 0.29) is 30.1 Å². The number of alkyl halides is 2. The summed E-state index contributed by atoms with van der Waals surface area (Å²) in [7, 11) is 0. The molecule has 7 heteroatoms. The molecule has 2 aromatic rings. The lowest BCUT2D eigenvalue weighted by Gasteiger charge is -2.15. The third-order valence-electron chi connectivity index (χ3n) is 4.10. The standard InChI is InChI=1S/C17H18BrF2N3O/c1-10(11-5-3-2-4-6-11)21-13(24)9-23-16(12-7-8-12)14(18)15(22-23)17(19)20/h2-6,10,12,17H,7-9H2,1H3,(H,21,24). The number of hydrogen-bond donors (Lipinski definition) is 1. The highest BCUT2D eigenvalue weighted by molar-refractivity contribution is 9.10. The average Bonchev–Trinajstić information content (AvgIpc) is 3.32. The quantitative estimate of drug-likeness (QED) is 0.787. The van der Waals surface area contributed by atoms with Gasteiger partial charge in [-0.15, -0.1) is 0 Å². The number of carbonyl (C=O) groups is 1. The van der Waals surface area contributed by atoms with Crippen molar-refractivity contribution in [1.29, 1.82) is 0 Å². The molecule has 1 N–H and O–H groups in total. The highest BCUT2D eigenvalue weighted by Gasteiger charge is 2.34. The topological polar surface area (TPSA) is 46.9 Å². The molecule has 0 aliphatic heterocycles. The van der Waals surface area contributed by atoms with Gasteiger partial charge >= 0.3 is 0 Å². The zero-order valence-corrected chi connectivity index (χ0v) is 14.8. The first-order chi connectivity index (χ1) is 11.5. The SMILES string of the molecule is CC(NC(=O)Cn1nc(C(F)F)c(Br)c1C1CC1)c1ccccc1. The Morgan fingerprint density at radius 3 is 2.62 bits per heavy atom. The fraction of sp³-hybridized carbons (Fsp3) is 0.412. The van der Waals surface area contributed by atoms with Gasteiger partial charge in [-0.3, -0.25) is 9.48 Å². The maximum absolute atomic E-state index is 13.1.